The Bertz CT molecular complexity index is 707. The van der Waals surface area contributed by atoms with E-state index in [2.05, 4.69) is 32.1 Å². The summed E-state index contributed by atoms with van der Waals surface area (Å²) >= 11 is 0. The maximum absolute atomic E-state index is 12.4. The second-order valence-electron chi connectivity index (χ2n) is 7.33. The van der Waals surface area contributed by atoms with Crippen LogP contribution in [0.2, 0.25) is 0 Å². The van der Waals surface area contributed by atoms with Crippen molar-refractivity contribution in [2.24, 2.45) is 5.73 Å². The molecule has 1 heterocycles. The van der Waals surface area contributed by atoms with Gasteiger partial charge in [0.1, 0.15) is 18.7 Å². The zero-order chi connectivity index (χ0) is 25.5. The highest BCUT2D eigenvalue weighted by Crippen LogP contribution is 1.97. The molecule has 4 atom stereocenters. The molecule has 0 aliphatic carbocycles. The Morgan fingerprint density at radius 2 is 1.79 bits per heavy atom. The van der Waals surface area contributed by atoms with Crippen molar-refractivity contribution >= 4 is 29.7 Å². The standard InChI is InChI=1S/C18H33N7O9/c1-10(27)15-17(31)20-2-3-33-4-5-34-9-14(29)22-11(8-26)7-21-25-16(30)12(6-13(19)28)23-18(32)24-15/h10-12,15,21,26-27H,2-9H2,1H3,(H2,19,28)(H,20,31)(H,22,29)(H,25,30)(H2,23,24,32)/t10?,11-,12+,15+/m1/s1. The number of carbonyl (C=O) groups excluding carboxylic acids is 5. The number of aliphatic hydroxyl groups excluding tert-OH is 2. The van der Waals surface area contributed by atoms with E-state index in [0.29, 0.717) is 0 Å². The van der Waals surface area contributed by atoms with Crippen molar-refractivity contribution < 1.29 is 43.7 Å². The highest BCUT2D eigenvalue weighted by atomic mass is 16.5. The van der Waals surface area contributed by atoms with Crippen molar-refractivity contribution in [2.45, 2.75) is 37.6 Å². The molecule has 0 radical (unpaired) electrons. The summed E-state index contributed by atoms with van der Waals surface area (Å²) < 4.78 is 10.4. The minimum absolute atomic E-state index is 0.0579. The van der Waals surface area contributed by atoms with Gasteiger partial charge in [-0.2, -0.15) is 0 Å². The number of hydrogen-bond acceptors (Lipinski definition) is 10. The fraction of sp³-hybridized carbons (Fsp3) is 0.722. The zero-order valence-electron chi connectivity index (χ0n) is 18.8. The number of carbonyl (C=O) groups is 5. The molecular formula is C18H33N7O9. The lowest BCUT2D eigenvalue weighted by Gasteiger charge is -2.23. The van der Waals surface area contributed by atoms with Gasteiger partial charge in [-0.25, -0.2) is 10.2 Å². The van der Waals surface area contributed by atoms with Gasteiger partial charge < -0.3 is 46.7 Å². The van der Waals surface area contributed by atoms with Crippen LogP contribution in [0.15, 0.2) is 0 Å². The molecule has 0 aromatic heterocycles. The Morgan fingerprint density at radius 3 is 2.44 bits per heavy atom. The van der Waals surface area contributed by atoms with E-state index in [1.54, 1.807) is 0 Å². The van der Waals surface area contributed by atoms with Crippen molar-refractivity contribution in [3.63, 3.8) is 0 Å². The van der Waals surface area contributed by atoms with Crippen LogP contribution >= 0.6 is 0 Å². The number of primary amides is 1. The minimum atomic E-state index is -1.43. The molecule has 194 valence electrons. The summed E-state index contributed by atoms with van der Waals surface area (Å²) in [7, 11) is 0. The number of rotatable bonds is 4. The van der Waals surface area contributed by atoms with Gasteiger partial charge in [-0.3, -0.25) is 24.6 Å². The smallest absolute Gasteiger partial charge is 0.316 e. The average molecular weight is 492 g/mol. The molecule has 34 heavy (non-hydrogen) atoms. The lowest BCUT2D eigenvalue weighted by atomic mass is 10.1. The quantitative estimate of drug-likeness (QED) is 0.181. The van der Waals surface area contributed by atoms with Crippen LogP contribution < -0.4 is 37.9 Å². The number of ether oxygens (including phenoxy) is 2. The van der Waals surface area contributed by atoms with E-state index in [1.165, 1.54) is 6.92 Å². The van der Waals surface area contributed by atoms with E-state index in [0.717, 1.165) is 0 Å². The molecule has 16 nitrogen and oxygen atoms in total. The van der Waals surface area contributed by atoms with Gasteiger partial charge in [-0.05, 0) is 6.92 Å². The molecule has 0 aromatic rings. The molecule has 0 aromatic carbocycles. The van der Waals surface area contributed by atoms with E-state index < -0.39 is 66.9 Å². The first-order valence-corrected chi connectivity index (χ1v) is 10.5. The Hall–Kier alpha value is -3.05. The Morgan fingerprint density at radius 1 is 1.09 bits per heavy atom. The lowest BCUT2D eigenvalue weighted by Crippen LogP contribution is -2.59. The van der Waals surface area contributed by atoms with Gasteiger partial charge in [0.25, 0.3) is 5.91 Å². The summed E-state index contributed by atoms with van der Waals surface area (Å²) in [5.74, 6) is -2.97. The third kappa shape index (κ3) is 11.7. The second kappa shape index (κ2) is 15.7. The van der Waals surface area contributed by atoms with Crippen molar-refractivity contribution in [1.29, 1.82) is 0 Å². The van der Waals surface area contributed by atoms with E-state index >= 15 is 0 Å². The summed E-state index contributed by atoms with van der Waals surface area (Å²) in [6.07, 6.45) is -1.85. The van der Waals surface area contributed by atoms with Crippen molar-refractivity contribution in [3.05, 3.63) is 0 Å². The van der Waals surface area contributed by atoms with Gasteiger partial charge >= 0.3 is 6.03 Å². The fourth-order valence-electron chi connectivity index (χ4n) is 2.68. The van der Waals surface area contributed by atoms with Crippen LogP contribution in [-0.4, -0.2) is 110 Å². The zero-order valence-corrected chi connectivity index (χ0v) is 18.8. The largest absolute Gasteiger partial charge is 0.394 e. The van der Waals surface area contributed by atoms with Crippen LogP contribution in [0.25, 0.3) is 0 Å². The number of aliphatic hydroxyl groups is 2. The molecule has 1 unspecified atom stereocenters. The Labute approximate surface area is 195 Å². The van der Waals surface area contributed by atoms with Gasteiger partial charge in [0.2, 0.25) is 17.7 Å². The van der Waals surface area contributed by atoms with Crippen LogP contribution in [0.1, 0.15) is 13.3 Å². The lowest BCUT2D eigenvalue weighted by molar-refractivity contribution is -0.128. The molecule has 6 amide bonds. The van der Waals surface area contributed by atoms with Crippen LogP contribution in [0.5, 0.6) is 0 Å². The molecule has 16 heteroatoms. The SMILES string of the molecule is CC(O)[C@@H]1NC(=O)N[C@@H](CC(N)=O)C(=O)NNC[C@H](CO)NC(=O)COCCOCCNC1=O. The summed E-state index contributed by atoms with van der Waals surface area (Å²) in [6.45, 7) is 0.825. The van der Waals surface area contributed by atoms with E-state index in [-0.39, 0.29) is 39.5 Å². The molecule has 10 N–H and O–H groups in total. The molecule has 1 saturated heterocycles. The number of nitrogens with one attached hydrogen (secondary N) is 6. The van der Waals surface area contributed by atoms with E-state index in [1.807, 2.05) is 0 Å². The van der Waals surface area contributed by atoms with E-state index in [4.69, 9.17) is 15.2 Å². The van der Waals surface area contributed by atoms with Crippen molar-refractivity contribution in [1.82, 2.24) is 32.1 Å². The summed E-state index contributed by atoms with van der Waals surface area (Å²) in [6, 6.07) is -4.59. The van der Waals surface area contributed by atoms with Crippen LogP contribution in [0.3, 0.4) is 0 Å². The molecule has 0 saturated carbocycles. The number of hydrogen-bond donors (Lipinski definition) is 9. The summed E-state index contributed by atoms with van der Waals surface area (Å²) in [5.41, 5.74) is 9.85. The highest BCUT2D eigenvalue weighted by molar-refractivity contribution is 5.92. The predicted octanol–water partition coefficient (Wildman–Crippen LogP) is -5.46. The predicted molar refractivity (Wildman–Crippen MR) is 115 cm³/mol. The molecule has 1 aliphatic heterocycles. The maximum Gasteiger partial charge on any atom is 0.316 e. The monoisotopic (exact) mass is 491 g/mol. The Balaban J connectivity index is 2.90. The highest BCUT2D eigenvalue weighted by Gasteiger charge is 2.28. The minimum Gasteiger partial charge on any atom is -0.394 e. The van der Waals surface area contributed by atoms with Gasteiger partial charge in [-0.15, -0.1) is 0 Å². The molecule has 0 bridgehead atoms. The number of amides is 6. The van der Waals surface area contributed by atoms with Gasteiger partial charge in [0, 0.05) is 13.1 Å². The molecule has 1 fully saturated rings. The number of hydrazine groups is 1. The number of nitrogens with two attached hydrogens (primary N) is 1. The molecule has 1 aliphatic rings. The third-order valence-corrected chi connectivity index (χ3v) is 4.37. The van der Waals surface area contributed by atoms with Gasteiger partial charge in [-0.1, -0.05) is 0 Å². The fourth-order valence-corrected chi connectivity index (χ4v) is 2.68. The first kappa shape index (κ1) is 29.0. The number of urea groups is 1. The van der Waals surface area contributed by atoms with Gasteiger partial charge in [0.15, 0.2) is 0 Å². The summed E-state index contributed by atoms with van der Waals surface area (Å²) in [5, 5.41) is 28.7. The molecule has 1 rings (SSSR count). The van der Waals surface area contributed by atoms with Gasteiger partial charge in [0.05, 0.1) is 45.0 Å². The third-order valence-electron chi connectivity index (χ3n) is 4.37. The average Bonchev–Trinajstić information content (AvgIpc) is 2.76. The normalized spacial score (nSPS) is 25.9. The topological polar surface area (TPSA) is 242 Å². The van der Waals surface area contributed by atoms with Crippen molar-refractivity contribution in [3.8, 4) is 0 Å². The van der Waals surface area contributed by atoms with Crippen LogP contribution in [-0.2, 0) is 28.7 Å². The molecule has 0 spiro atoms. The maximum atomic E-state index is 12.4. The Kier molecular flexibility index (Phi) is 13.4. The summed E-state index contributed by atoms with van der Waals surface area (Å²) in [4.78, 5) is 60.3. The van der Waals surface area contributed by atoms with Crippen molar-refractivity contribution in [2.75, 3.05) is 46.1 Å². The molecular weight excluding hydrogens is 458 g/mol. The van der Waals surface area contributed by atoms with Crippen LogP contribution in [0.4, 0.5) is 4.79 Å². The van der Waals surface area contributed by atoms with Crippen LogP contribution in [0, 0.1) is 0 Å². The first-order valence-electron chi connectivity index (χ1n) is 10.5. The second-order valence-corrected chi connectivity index (χ2v) is 7.33. The van der Waals surface area contributed by atoms with E-state index in [9.17, 15) is 34.2 Å². The first-order chi connectivity index (χ1) is 16.1.